The van der Waals surface area contributed by atoms with Crippen LogP contribution in [0.3, 0.4) is 0 Å². The standard InChI is InChI=1S/C30H28N4O3/c31-30(36)28-15-24-14-21(6-13-27(24)34-28)19-37-26-11-8-22(9-12-26)23-7-10-25(32-18-23)16-29(35)33-17-20-4-2-1-3-5-20/h1-15,18,29,33-35H,16-17,19H2,(H2,31,36). The SMILES string of the molecule is NC(=O)c1cc2cc(COc3ccc(-c4ccc(CC(O)NCc5ccccc5)nc4)cc3)ccc2[nH]1. The van der Waals surface area contributed by atoms with Crippen molar-refractivity contribution in [3.8, 4) is 16.9 Å². The number of carbonyl (C=O) groups is 1. The summed E-state index contributed by atoms with van der Waals surface area (Å²) in [5.41, 5.74) is 11.6. The third-order valence-corrected chi connectivity index (χ3v) is 6.16. The predicted octanol–water partition coefficient (Wildman–Crippen LogP) is 4.56. The number of aromatic amines is 1. The number of amides is 1. The molecule has 2 heterocycles. The van der Waals surface area contributed by atoms with Crippen LogP contribution in [0.15, 0.2) is 97.2 Å². The number of aliphatic hydroxyl groups is 1. The van der Waals surface area contributed by atoms with Crippen molar-refractivity contribution in [2.75, 3.05) is 0 Å². The molecule has 186 valence electrons. The molecule has 5 rings (SSSR count). The summed E-state index contributed by atoms with van der Waals surface area (Å²) in [5, 5.41) is 14.3. The number of aliphatic hydroxyl groups excluding tert-OH is 1. The van der Waals surface area contributed by atoms with Gasteiger partial charge in [-0.2, -0.15) is 0 Å². The summed E-state index contributed by atoms with van der Waals surface area (Å²) in [5.74, 6) is 0.278. The van der Waals surface area contributed by atoms with Crippen molar-refractivity contribution in [2.24, 2.45) is 5.73 Å². The lowest BCUT2D eigenvalue weighted by Crippen LogP contribution is -2.30. The highest BCUT2D eigenvalue weighted by Gasteiger charge is 2.08. The predicted molar refractivity (Wildman–Crippen MR) is 144 cm³/mol. The second-order valence-electron chi connectivity index (χ2n) is 8.91. The van der Waals surface area contributed by atoms with E-state index >= 15 is 0 Å². The number of nitrogens with zero attached hydrogens (tertiary/aromatic N) is 1. The third kappa shape index (κ3) is 6.22. The number of nitrogens with one attached hydrogen (secondary N) is 2. The van der Waals surface area contributed by atoms with Crippen LogP contribution in [-0.4, -0.2) is 27.2 Å². The van der Waals surface area contributed by atoms with E-state index in [1.165, 1.54) is 0 Å². The van der Waals surface area contributed by atoms with Crippen LogP contribution in [0, 0.1) is 0 Å². The first-order valence-corrected chi connectivity index (χ1v) is 12.1. The first-order valence-electron chi connectivity index (χ1n) is 12.1. The fraction of sp³-hybridized carbons (Fsp3) is 0.133. The first-order chi connectivity index (χ1) is 18.0. The van der Waals surface area contributed by atoms with E-state index < -0.39 is 12.1 Å². The van der Waals surface area contributed by atoms with Gasteiger partial charge in [-0.05, 0) is 53.1 Å². The van der Waals surface area contributed by atoms with Crippen molar-refractivity contribution in [1.29, 1.82) is 0 Å². The summed E-state index contributed by atoms with van der Waals surface area (Å²) in [6, 6.07) is 29.4. The highest BCUT2D eigenvalue weighted by Crippen LogP contribution is 2.24. The molecule has 7 heteroatoms. The number of hydrogen-bond acceptors (Lipinski definition) is 5. The molecule has 0 saturated heterocycles. The van der Waals surface area contributed by atoms with Gasteiger partial charge in [0.1, 0.15) is 24.3 Å². The lowest BCUT2D eigenvalue weighted by atomic mass is 10.1. The van der Waals surface area contributed by atoms with Crippen LogP contribution in [0.2, 0.25) is 0 Å². The fourth-order valence-corrected chi connectivity index (χ4v) is 4.13. The van der Waals surface area contributed by atoms with Crippen LogP contribution in [0.1, 0.15) is 27.3 Å². The van der Waals surface area contributed by atoms with Gasteiger partial charge in [-0.3, -0.25) is 15.1 Å². The van der Waals surface area contributed by atoms with Crippen LogP contribution in [-0.2, 0) is 19.6 Å². The highest BCUT2D eigenvalue weighted by atomic mass is 16.5. The molecule has 0 fully saturated rings. The summed E-state index contributed by atoms with van der Waals surface area (Å²) in [6.07, 6.45) is 1.58. The van der Waals surface area contributed by atoms with E-state index in [4.69, 9.17) is 10.5 Å². The molecule has 0 aliphatic rings. The average Bonchev–Trinajstić information content (AvgIpc) is 3.36. The number of benzene rings is 3. The van der Waals surface area contributed by atoms with Gasteiger partial charge in [0.05, 0.1) is 0 Å². The number of ether oxygens (including phenoxy) is 1. The van der Waals surface area contributed by atoms with E-state index in [2.05, 4.69) is 15.3 Å². The van der Waals surface area contributed by atoms with Crippen LogP contribution in [0.25, 0.3) is 22.0 Å². The topological polar surface area (TPSA) is 113 Å². The third-order valence-electron chi connectivity index (χ3n) is 6.16. The number of rotatable bonds is 10. The largest absolute Gasteiger partial charge is 0.489 e. The van der Waals surface area contributed by atoms with Crippen molar-refractivity contribution in [1.82, 2.24) is 15.3 Å². The summed E-state index contributed by atoms with van der Waals surface area (Å²) in [7, 11) is 0. The van der Waals surface area contributed by atoms with E-state index in [9.17, 15) is 9.90 Å². The summed E-state index contributed by atoms with van der Waals surface area (Å²) in [4.78, 5) is 18.9. The quantitative estimate of drug-likeness (QED) is 0.214. The zero-order valence-electron chi connectivity index (χ0n) is 20.2. The average molecular weight is 493 g/mol. The summed E-state index contributed by atoms with van der Waals surface area (Å²) in [6.45, 7) is 1.01. The van der Waals surface area contributed by atoms with Gasteiger partial charge in [0.25, 0.3) is 5.91 Å². The molecule has 2 aromatic heterocycles. The molecular formula is C30H28N4O3. The molecular weight excluding hydrogens is 464 g/mol. The van der Waals surface area contributed by atoms with Gasteiger partial charge in [-0.1, -0.05) is 54.6 Å². The number of aromatic nitrogens is 2. The number of fused-ring (bicyclic) bond motifs is 1. The Morgan fingerprint density at radius 3 is 2.46 bits per heavy atom. The van der Waals surface area contributed by atoms with Gasteiger partial charge in [-0.15, -0.1) is 0 Å². The van der Waals surface area contributed by atoms with Gasteiger partial charge >= 0.3 is 0 Å². The highest BCUT2D eigenvalue weighted by molar-refractivity contribution is 5.97. The van der Waals surface area contributed by atoms with Crippen LogP contribution in [0.4, 0.5) is 0 Å². The molecule has 0 aliphatic carbocycles. The molecule has 0 spiro atoms. The Morgan fingerprint density at radius 1 is 0.946 bits per heavy atom. The van der Waals surface area contributed by atoms with Gasteiger partial charge in [0.15, 0.2) is 0 Å². The molecule has 1 amide bonds. The summed E-state index contributed by atoms with van der Waals surface area (Å²) >= 11 is 0. The zero-order chi connectivity index (χ0) is 25.6. The van der Waals surface area contributed by atoms with E-state index in [1.54, 1.807) is 6.07 Å². The van der Waals surface area contributed by atoms with E-state index in [0.29, 0.717) is 25.3 Å². The number of carbonyl (C=O) groups excluding carboxylic acids is 1. The molecule has 1 unspecified atom stereocenters. The molecule has 37 heavy (non-hydrogen) atoms. The normalized spacial score (nSPS) is 11.9. The van der Waals surface area contributed by atoms with Gasteiger partial charge < -0.3 is 20.6 Å². The molecule has 1 atom stereocenters. The van der Waals surface area contributed by atoms with Crippen LogP contribution < -0.4 is 15.8 Å². The minimum Gasteiger partial charge on any atom is -0.489 e. The Kier molecular flexibility index (Phi) is 7.26. The maximum atomic E-state index is 11.4. The van der Waals surface area contributed by atoms with Crippen molar-refractivity contribution in [3.05, 3.63) is 120 Å². The lowest BCUT2D eigenvalue weighted by molar-refractivity contribution is 0.0996. The maximum absolute atomic E-state index is 11.4. The Hall–Kier alpha value is -4.46. The number of hydrogen-bond donors (Lipinski definition) is 4. The maximum Gasteiger partial charge on any atom is 0.265 e. The zero-order valence-corrected chi connectivity index (χ0v) is 20.2. The number of nitrogens with two attached hydrogens (primary N) is 1. The second kappa shape index (κ2) is 11.1. The Morgan fingerprint density at radius 2 is 1.73 bits per heavy atom. The monoisotopic (exact) mass is 492 g/mol. The number of pyridine rings is 1. The molecule has 5 N–H and O–H groups in total. The number of H-pyrrole nitrogens is 1. The number of primary amides is 1. The van der Waals surface area contributed by atoms with Crippen molar-refractivity contribution >= 4 is 16.8 Å². The minimum atomic E-state index is -0.668. The Balaban J connectivity index is 1.14. The van der Waals surface area contributed by atoms with E-state index in [0.717, 1.165) is 44.6 Å². The Bertz CT molecular complexity index is 1480. The fourth-order valence-electron chi connectivity index (χ4n) is 4.13. The smallest absolute Gasteiger partial charge is 0.265 e. The van der Waals surface area contributed by atoms with E-state index in [1.807, 2.05) is 91.1 Å². The first kappa shape index (κ1) is 24.2. The van der Waals surface area contributed by atoms with Crippen LogP contribution in [0.5, 0.6) is 5.75 Å². The Labute approximate surface area is 214 Å². The molecule has 0 bridgehead atoms. The minimum absolute atomic E-state index is 0.391. The van der Waals surface area contributed by atoms with E-state index in [-0.39, 0.29) is 0 Å². The van der Waals surface area contributed by atoms with Gasteiger partial charge in [0.2, 0.25) is 0 Å². The summed E-state index contributed by atoms with van der Waals surface area (Å²) < 4.78 is 5.95. The molecule has 7 nitrogen and oxygen atoms in total. The lowest BCUT2D eigenvalue weighted by Gasteiger charge is -2.13. The van der Waals surface area contributed by atoms with Crippen molar-refractivity contribution in [3.63, 3.8) is 0 Å². The van der Waals surface area contributed by atoms with Gasteiger partial charge in [-0.25, -0.2) is 0 Å². The van der Waals surface area contributed by atoms with Gasteiger partial charge in [0, 0.05) is 41.3 Å². The van der Waals surface area contributed by atoms with Crippen molar-refractivity contribution in [2.45, 2.75) is 25.8 Å². The molecule has 0 aliphatic heterocycles. The molecule has 3 aromatic carbocycles. The molecule has 5 aromatic rings. The molecule has 0 radical (unpaired) electrons. The van der Waals surface area contributed by atoms with Crippen molar-refractivity contribution < 1.29 is 14.6 Å². The second-order valence-corrected chi connectivity index (χ2v) is 8.91. The molecule has 0 saturated carbocycles. The van der Waals surface area contributed by atoms with Crippen LogP contribution >= 0.6 is 0 Å².